The van der Waals surface area contributed by atoms with E-state index < -0.39 is 10.8 Å². The normalized spacial score (nSPS) is 21.6. The Kier molecular flexibility index (Phi) is 3.25. The molecule has 4 nitrogen and oxygen atoms in total. The van der Waals surface area contributed by atoms with E-state index in [9.17, 15) is 10.1 Å². The van der Waals surface area contributed by atoms with Gasteiger partial charge in [0, 0.05) is 12.7 Å². The molecule has 0 bridgehead atoms. The predicted molar refractivity (Wildman–Crippen MR) is 77.8 cm³/mol. The van der Waals surface area contributed by atoms with Gasteiger partial charge in [-0.3, -0.25) is 4.79 Å². The largest absolute Gasteiger partial charge is 0.497 e. The van der Waals surface area contributed by atoms with Gasteiger partial charge in [-0.05, 0) is 51.0 Å². The van der Waals surface area contributed by atoms with Crippen LogP contribution in [0.1, 0.15) is 32.8 Å². The van der Waals surface area contributed by atoms with E-state index in [0.29, 0.717) is 6.42 Å². The number of nitrogens with zero attached hydrogens (tertiary/aromatic N) is 2. The number of benzene rings is 1. The summed E-state index contributed by atoms with van der Waals surface area (Å²) in [5, 5.41) is 9.27. The van der Waals surface area contributed by atoms with E-state index in [1.165, 1.54) is 0 Å². The molecule has 1 unspecified atom stereocenters. The van der Waals surface area contributed by atoms with Crippen LogP contribution in [0, 0.1) is 16.7 Å². The number of ether oxygens (including phenoxy) is 1. The van der Waals surface area contributed by atoms with Gasteiger partial charge in [0.2, 0.25) is 5.91 Å². The SMILES string of the molecule is COc1ccc2c(c1)C(C)(CC(C)(C)C#N)C(=O)N2C. The molecule has 0 radical (unpaired) electrons. The van der Waals surface area contributed by atoms with Crippen LogP contribution in [0.2, 0.25) is 0 Å². The summed E-state index contributed by atoms with van der Waals surface area (Å²) in [6.45, 7) is 5.64. The molecule has 106 valence electrons. The number of likely N-dealkylation sites (N-methyl/N-ethyl adjacent to an activating group) is 1. The van der Waals surface area contributed by atoms with Crippen LogP contribution in [0.25, 0.3) is 0 Å². The van der Waals surface area contributed by atoms with Gasteiger partial charge in [0.05, 0.1) is 24.0 Å². The third-order valence-corrected chi connectivity index (χ3v) is 4.03. The number of rotatable bonds is 3. The van der Waals surface area contributed by atoms with Gasteiger partial charge in [0.25, 0.3) is 0 Å². The van der Waals surface area contributed by atoms with Crippen LogP contribution < -0.4 is 9.64 Å². The van der Waals surface area contributed by atoms with Crippen LogP contribution in [0.15, 0.2) is 18.2 Å². The number of amides is 1. The second-order valence-corrected chi connectivity index (χ2v) is 6.25. The average molecular weight is 272 g/mol. The highest BCUT2D eigenvalue weighted by atomic mass is 16.5. The molecule has 1 atom stereocenters. The number of nitriles is 1. The van der Waals surface area contributed by atoms with E-state index in [2.05, 4.69) is 6.07 Å². The zero-order valence-corrected chi connectivity index (χ0v) is 12.7. The monoisotopic (exact) mass is 272 g/mol. The summed E-state index contributed by atoms with van der Waals surface area (Å²) in [6, 6.07) is 7.94. The first-order valence-corrected chi connectivity index (χ1v) is 6.63. The number of carbonyl (C=O) groups excluding carboxylic acids is 1. The summed E-state index contributed by atoms with van der Waals surface area (Å²) in [4.78, 5) is 14.3. The minimum Gasteiger partial charge on any atom is -0.497 e. The molecule has 1 aromatic rings. The Morgan fingerprint density at radius 1 is 1.45 bits per heavy atom. The first-order valence-electron chi connectivity index (χ1n) is 6.63. The van der Waals surface area contributed by atoms with Crippen LogP contribution in [-0.2, 0) is 10.2 Å². The fourth-order valence-corrected chi connectivity index (χ4v) is 3.07. The Labute approximate surface area is 120 Å². The van der Waals surface area contributed by atoms with E-state index in [1.807, 2.05) is 39.0 Å². The van der Waals surface area contributed by atoms with E-state index in [0.717, 1.165) is 17.0 Å². The van der Waals surface area contributed by atoms with Gasteiger partial charge in [-0.15, -0.1) is 0 Å². The van der Waals surface area contributed by atoms with Crippen molar-refractivity contribution in [3.8, 4) is 11.8 Å². The smallest absolute Gasteiger partial charge is 0.237 e. The zero-order valence-electron chi connectivity index (χ0n) is 12.7. The molecule has 20 heavy (non-hydrogen) atoms. The average Bonchev–Trinajstić information content (AvgIpc) is 2.60. The summed E-state index contributed by atoms with van der Waals surface area (Å²) < 4.78 is 5.26. The predicted octanol–water partition coefficient (Wildman–Crippen LogP) is 2.87. The Morgan fingerprint density at radius 3 is 2.65 bits per heavy atom. The summed E-state index contributed by atoms with van der Waals surface area (Å²) in [6.07, 6.45) is 0.486. The fraction of sp³-hybridized carbons (Fsp3) is 0.500. The van der Waals surface area contributed by atoms with E-state index in [1.54, 1.807) is 19.1 Å². The summed E-state index contributed by atoms with van der Waals surface area (Å²) in [5.41, 5.74) is 0.591. The third kappa shape index (κ3) is 2.03. The van der Waals surface area contributed by atoms with Crippen molar-refractivity contribution in [2.45, 2.75) is 32.6 Å². The molecule has 1 aromatic carbocycles. The van der Waals surface area contributed by atoms with Crippen molar-refractivity contribution in [2.75, 3.05) is 19.1 Å². The van der Waals surface area contributed by atoms with Gasteiger partial charge < -0.3 is 9.64 Å². The molecule has 0 saturated carbocycles. The Morgan fingerprint density at radius 2 is 2.10 bits per heavy atom. The molecule has 4 heteroatoms. The van der Waals surface area contributed by atoms with Crippen LogP contribution in [0.4, 0.5) is 5.69 Å². The maximum atomic E-state index is 12.7. The maximum Gasteiger partial charge on any atom is 0.237 e. The number of methoxy groups -OCH3 is 1. The van der Waals surface area contributed by atoms with Crippen molar-refractivity contribution in [3.05, 3.63) is 23.8 Å². The van der Waals surface area contributed by atoms with Crippen LogP contribution in [-0.4, -0.2) is 20.1 Å². The molecule has 0 fully saturated rings. The molecular formula is C16H20N2O2. The van der Waals surface area contributed by atoms with Crippen molar-refractivity contribution >= 4 is 11.6 Å². The molecule has 2 rings (SSSR count). The van der Waals surface area contributed by atoms with Crippen LogP contribution in [0.3, 0.4) is 0 Å². The van der Waals surface area contributed by atoms with E-state index >= 15 is 0 Å². The van der Waals surface area contributed by atoms with Gasteiger partial charge in [0.1, 0.15) is 5.75 Å². The number of anilines is 1. The highest BCUT2D eigenvalue weighted by molar-refractivity contribution is 6.07. The van der Waals surface area contributed by atoms with Gasteiger partial charge in [0.15, 0.2) is 0 Å². The van der Waals surface area contributed by atoms with Gasteiger partial charge in [-0.2, -0.15) is 5.26 Å². The lowest BCUT2D eigenvalue weighted by Crippen LogP contribution is -2.39. The first kappa shape index (κ1) is 14.4. The lowest BCUT2D eigenvalue weighted by molar-refractivity contribution is -0.123. The molecule has 1 aliphatic rings. The summed E-state index contributed by atoms with van der Waals surface area (Å²) in [5.74, 6) is 0.761. The second-order valence-electron chi connectivity index (χ2n) is 6.25. The van der Waals surface area contributed by atoms with Crippen molar-refractivity contribution in [2.24, 2.45) is 5.41 Å². The zero-order chi connectivity index (χ0) is 15.1. The van der Waals surface area contributed by atoms with Gasteiger partial charge >= 0.3 is 0 Å². The molecule has 1 amide bonds. The van der Waals surface area contributed by atoms with E-state index in [-0.39, 0.29) is 5.91 Å². The lowest BCUT2D eigenvalue weighted by Gasteiger charge is -2.29. The summed E-state index contributed by atoms with van der Waals surface area (Å²) in [7, 11) is 3.39. The number of fused-ring (bicyclic) bond motifs is 1. The Hall–Kier alpha value is -2.02. The molecule has 1 heterocycles. The van der Waals surface area contributed by atoms with Crippen molar-refractivity contribution < 1.29 is 9.53 Å². The number of hydrogen-bond acceptors (Lipinski definition) is 3. The summed E-state index contributed by atoms with van der Waals surface area (Å²) >= 11 is 0. The van der Waals surface area contributed by atoms with Crippen molar-refractivity contribution in [1.82, 2.24) is 0 Å². The number of carbonyl (C=O) groups is 1. The van der Waals surface area contributed by atoms with Crippen molar-refractivity contribution in [1.29, 1.82) is 5.26 Å². The minimum absolute atomic E-state index is 0.0316. The lowest BCUT2D eigenvalue weighted by atomic mass is 9.71. The highest BCUT2D eigenvalue weighted by Gasteiger charge is 2.48. The minimum atomic E-state index is -0.683. The third-order valence-electron chi connectivity index (χ3n) is 4.03. The molecule has 0 aliphatic carbocycles. The maximum absolute atomic E-state index is 12.7. The topological polar surface area (TPSA) is 53.3 Å². The first-order chi connectivity index (χ1) is 9.25. The van der Waals surface area contributed by atoms with Crippen LogP contribution in [0.5, 0.6) is 5.75 Å². The highest BCUT2D eigenvalue weighted by Crippen LogP contribution is 2.48. The molecule has 0 aromatic heterocycles. The standard InChI is InChI=1S/C16H20N2O2/c1-15(2,10-17)9-16(3)12-8-11(20-5)6-7-13(12)18(4)14(16)19/h6-8H,9H2,1-5H3. The van der Waals surface area contributed by atoms with Crippen molar-refractivity contribution in [3.63, 3.8) is 0 Å². The molecule has 0 spiro atoms. The fourth-order valence-electron chi connectivity index (χ4n) is 3.07. The molecule has 1 aliphatic heterocycles. The molecule has 0 N–H and O–H groups in total. The number of hydrogen-bond donors (Lipinski definition) is 0. The second kappa shape index (κ2) is 4.52. The van der Waals surface area contributed by atoms with Gasteiger partial charge in [-0.1, -0.05) is 0 Å². The Bertz CT molecular complexity index is 601. The van der Waals surface area contributed by atoms with E-state index in [4.69, 9.17) is 4.74 Å². The van der Waals surface area contributed by atoms with Crippen LogP contribution >= 0.6 is 0 Å². The van der Waals surface area contributed by atoms with Gasteiger partial charge in [-0.25, -0.2) is 0 Å². The molecular weight excluding hydrogens is 252 g/mol. The Balaban J connectivity index is 2.56. The quantitative estimate of drug-likeness (QED) is 0.850. The molecule has 0 saturated heterocycles.